The third-order valence-electron chi connectivity index (χ3n) is 1.85. The van der Waals surface area contributed by atoms with E-state index < -0.39 is 0 Å². The summed E-state index contributed by atoms with van der Waals surface area (Å²) >= 11 is 0. The molecule has 6 nitrogen and oxygen atoms in total. The lowest BCUT2D eigenvalue weighted by molar-refractivity contribution is 0.0921. The number of anilines is 1. The van der Waals surface area contributed by atoms with Gasteiger partial charge in [-0.2, -0.15) is 0 Å². The van der Waals surface area contributed by atoms with E-state index in [0.29, 0.717) is 24.9 Å². The third kappa shape index (κ3) is 4.90. The number of nitrogens with one attached hydrogen (secondary N) is 1. The average molecular weight is 227 g/mol. The van der Waals surface area contributed by atoms with Gasteiger partial charge in [0.2, 0.25) is 5.95 Å². The predicted octanol–water partition coefficient (Wildman–Crippen LogP) is 0.296. The number of methoxy groups -OCH3 is 1. The zero-order chi connectivity index (χ0) is 11.6. The molecule has 0 unspecified atom stereocenters. The normalized spacial score (nSPS) is 10.1. The molecular weight excluding hydrogens is 210 g/mol. The van der Waals surface area contributed by atoms with Crippen LogP contribution in [-0.2, 0) is 4.74 Å². The summed E-state index contributed by atoms with van der Waals surface area (Å²) in [6, 6.07) is 0. The van der Waals surface area contributed by atoms with Gasteiger partial charge >= 0.3 is 0 Å². The SMILES string of the molecule is COc1cnc(NCCCOCCO)nc1. The van der Waals surface area contributed by atoms with Gasteiger partial charge in [-0.3, -0.25) is 0 Å². The number of hydrogen-bond acceptors (Lipinski definition) is 6. The van der Waals surface area contributed by atoms with Gasteiger partial charge in [-0.15, -0.1) is 0 Å². The number of nitrogens with zero attached hydrogens (tertiary/aromatic N) is 2. The number of aliphatic hydroxyl groups excluding tert-OH is 1. The van der Waals surface area contributed by atoms with E-state index in [1.807, 2.05) is 0 Å². The zero-order valence-electron chi connectivity index (χ0n) is 9.35. The van der Waals surface area contributed by atoms with Crippen LogP contribution in [0.4, 0.5) is 5.95 Å². The molecule has 0 saturated heterocycles. The molecule has 0 spiro atoms. The maximum absolute atomic E-state index is 8.48. The number of hydrogen-bond donors (Lipinski definition) is 2. The molecule has 0 saturated carbocycles. The molecule has 0 aromatic carbocycles. The molecule has 1 aromatic heterocycles. The standard InChI is InChI=1S/C10H17N3O3/c1-15-9-7-12-10(13-8-9)11-3-2-5-16-6-4-14/h7-8,14H,2-6H2,1H3,(H,11,12,13). The first-order valence-electron chi connectivity index (χ1n) is 5.15. The van der Waals surface area contributed by atoms with Crippen LogP contribution in [0.3, 0.4) is 0 Å². The Labute approximate surface area is 94.6 Å². The van der Waals surface area contributed by atoms with Gasteiger partial charge in [0, 0.05) is 13.2 Å². The summed E-state index contributed by atoms with van der Waals surface area (Å²) in [6.07, 6.45) is 4.06. The van der Waals surface area contributed by atoms with E-state index in [9.17, 15) is 0 Å². The minimum atomic E-state index is 0.0645. The number of aromatic nitrogens is 2. The van der Waals surface area contributed by atoms with E-state index in [4.69, 9.17) is 14.6 Å². The molecule has 90 valence electrons. The van der Waals surface area contributed by atoms with Gasteiger partial charge in [0.15, 0.2) is 5.75 Å². The van der Waals surface area contributed by atoms with Gasteiger partial charge in [-0.25, -0.2) is 9.97 Å². The van der Waals surface area contributed by atoms with Gasteiger partial charge in [0.1, 0.15) is 0 Å². The van der Waals surface area contributed by atoms with Crippen molar-refractivity contribution in [2.75, 3.05) is 38.8 Å². The molecule has 0 amide bonds. The van der Waals surface area contributed by atoms with Crippen molar-refractivity contribution in [3.63, 3.8) is 0 Å². The molecule has 0 atom stereocenters. The molecule has 6 heteroatoms. The molecule has 0 bridgehead atoms. The second-order valence-electron chi connectivity index (χ2n) is 3.06. The van der Waals surface area contributed by atoms with Crippen molar-refractivity contribution >= 4 is 5.95 Å². The first-order valence-corrected chi connectivity index (χ1v) is 5.15. The molecule has 0 fully saturated rings. The molecule has 0 radical (unpaired) electrons. The van der Waals surface area contributed by atoms with Crippen molar-refractivity contribution < 1.29 is 14.6 Å². The fourth-order valence-electron chi connectivity index (χ4n) is 1.05. The summed E-state index contributed by atoms with van der Waals surface area (Å²) in [7, 11) is 1.57. The minimum Gasteiger partial charge on any atom is -0.494 e. The Morgan fingerprint density at radius 3 is 2.69 bits per heavy atom. The number of aliphatic hydroxyl groups is 1. The van der Waals surface area contributed by atoms with Crippen molar-refractivity contribution in [3.8, 4) is 5.75 Å². The van der Waals surface area contributed by atoms with Crippen LogP contribution >= 0.6 is 0 Å². The largest absolute Gasteiger partial charge is 0.494 e. The molecule has 1 rings (SSSR count). The Hall–Kier alpha value is -1.40. The van der Waals surface area contributed by atoms with E-state index in [0.717, 1.165) is 13.0 Å². The van der Waals surface area contributed by atoms with Crippen molar-refractivity contribution in [2.24, 2.45) is 0 Å². The number of ether oxygens (including phenoxy) is 2. The molecule has 16 heavy (non-hydrogen) atoms. The summed E-state index contributed by atoms with van der Waals surface area (Å²) < 4.78 is 10.0. The first-order chi connectivity index (χ1) is 7.86. The monoisotopic (exact) mass is 227 g/mol. The Balaban J connectivity index is 2.12. The maximum Gasteiger partial charge on any atom is 0.222 e. The fourth-order valence-corrected chi connectivity index (χ4v) is 1.05. The average Bonchev–Trinajstić information content (AvgIpc) is 2.34. The predicted molar refractivity (Wildman–Crippen MR) is 59.6 cm³/mol. The van der Waals surface area contributed by atoms with Crippen molar-refractivity contribution in [3.05, 3.63) is 12.4 Å². The lowest BCUT2D eigenvalue weighted by Crippen LogP contribution is -2.09. The van der Waals surface area contributed by atoms with Crippen LogP contribution in [0, 0.1) is 0 Å². The molecule has 0 aliphatic rings. The smallest absolute Gasteiger partial charge is 0.222 e. The van der Waals surface area contributed by atoms with Crippen molar-refractivity contribution in [1.29, 1.82) is 0 Å². The summed E-state index contributed by atoms with van der Waals surface area (Å²) in [5.74, 6) is 1.21. The lowest BCUT2D eigenvalue weighted by Gasteiger charge is -2.05. The van der Waals surface area contributed by atoms with E-state index >= 15 is 0 Å². The van der Waals surface area contributed by atoms with Crippen LogP contribution in [0.25, 0.3) is 0 Å². The van der Waals surface area contributed by atoms with Crippen LogP contribution in [0.2, 0.25) is 0 Å². The van der Waals surface area contributed by atoms with E-state index in [-0.39, 0.29) is 6.61 Å². The minimum absolute atomic E-state index is 0.0645. The van der Waals surface area contributed by atoms with Gasteiger partial charge in [-0.1, -0.05) is 0 Å². The zero-order valence-corrected chi connectivity index (χ0v) is 9.35. The second-order valence-corrected chi connectivity index (χ2v) is 3.06. The van der Waals surface area contributed by atoms with E-state index in [1.165, 1.54) is 0 Å². The quantitative estimate of drug-likeness (QED) is 0.622. The van der Waals surface area contributed by atoms with Crippen LogP contribution in [0.5, 0.6) is 5.75 Å². The van der Waals surface area contributed by atoms with Crippen LogP contribution in [0.15, 0.2) is 12.4 Å². The molecule has 0 aliphatic heterocycles. The molecule has 0 aliphatic carbocycles. The molecular formula is C10H17N3O3. The van der Waals surface area contributed by atoms with Crippen LogP contribution in [0.1, 0.15) is 6.42 Å². The molecule has 1 heterocycles. The molecule has 1 aromatic rings. The maximum atomic E-state index is 8.48. The Kier molecular flexibility index (Phi) is 6.20. The highest BCUT2D eigenvalue weighted by Crippen LogP contribution is 2.06. The fraction of sp³-hybridized carbons (Fsp3) is 0.600. The third-order valence-corrected chi connectivity index (χ3v) is 1.85. The molecule has 2 N–H and O–H groups in total. The highest BCUT2D eigenvalue weighted by molar-refractivity contribution is 5.26. The van der Waals surface area contributed by atoms with Crippen LogP contribution < -0.4 is 10.1 Å². The topological polar surface area (TPSA) is 76.5 Å². The summed E-state index contributed by atoms with van der Waals surface area (Å²) in [5, 5.41) is 11.5. The van der Waals surface area contributed by atoms with Crippen LogP contribution in [-0.4, -0.2) is 48.5 Å². The Morgan fingerprint density at radius 2 is 2.06 bits per heavy atom. The summed E-state index contributed by atoms with van der Waals surface area (Å²) in [6.45, 7) is 1.80. The van der Waals surface area contributed by atoms with E-state index in [2.05, 4.69) is 15.3 Å². The highest BCUT2D eigenvalue weighted by Gasteiger charge is 1.96. The van der Waals surface area contributed by atoms with E-state index in [1.54, 1.807) is 19.5 Å². The van der Waals surface area contributed by atoms with Gasteiger partial charge < -0.3 is 19.9 Å². The van der Waals surface area contributed by atoms with Gasteiger partial charge in [0.25, 0.3) is 0 Å². The Morgan fingerprint density at radius 1 is 1.31 bits per heavy atom. The Bertz CT molecular complexity index is 279. The lowest BCUT2D eigenvalue weighted by atomic mass is 10.4. The summed E-state index contributed by atoms with van der Waals surface area (Å²) in [5.41, 5.74) is 0. The summed E-state index contributed by atoms with van der Waals surface area (Å²) in [4.78, 5) is 8.11. The van der Waals surface area contributed by atoms with Gasteiger partial charge in [-0.05, 0) is 6.42 Å². The number of rotatable bonds is 8. The van der Waals surface area contributed by atoms with Crippen molar-refractivity contribution in [2.45, 2.75) is 6.42 Å². The first kappa shape index (κ1) is 12.7. The highest BCUT2D eigenvalue weighted by atomic mass is 16.5. The van der Waals surface area contributed by atoms with Gasteiger partial charge in [0.05, 0.1) is 32.7 Å². The van der Waals surface area contributed by atoms with Crippen molar-refractivity contribution in [1.82, 2.24) is 9.97 Å². The second kappa shape index (κ2) is 7.84.